The number of hydrogen-bond donors (Lipinski definition) is 2. The first-order valence-electron chi connectivity index (χ1n) is 9.14. The Balaban J connectivity index is 2.05. The van der Waals surface area contributed by atoms with Gasteiger partial charge in [-0.05, 0) is 55.8 Å². The summed E-state index contributed by atoms with van der Waals surface area (Å²) in [5, 5.41) is 15.1. The van der Waals surface area contributed by atoms with Gasteiger partial charge >= 0.3 is 0 Å². The molecule has 7 nitrogen and oxygen atoms in total. The quantitative estimate of drug-likeness (QED) is 0.496. The van der Waals surface area contributed by atoms with Crippen LogP contribution in [0.2, 0.25) is 0 Å². The minimum Gasteiger partial charge on any atom is -0.494 e. The number of ether oxygens (including phenoxy) is 3. The summed E-state index contributed by atoms with van der Waals surface area (Å²) in [6, 6.07) is 14.2. The predicted molar refractivity (Wildman–Crippen MR) is 111 cm³/mol. The van der Waals surface area contributed by atoms with E-state index < -0.39 is 5.91 Å². The number of rotatable bonds is 9. The molecule has 0 radical (unpaired) electrons. The van der Waals surface area contributed by atoms with E-state index in [0.717, 1.165) is 17.0 Å². The van der Waals surface area contributed by atoms with Gasteiger partial charge in [-0.3, -0.25) is 4.79 Å². The molecule has 0 aliphatic rings. The molecule has 2 aromatic carbocycles. The number of nitrogens with one attached hydrogen (secondary N) is 2. The molecule has 0 aliphatic heterocycles. The first-order chi connectivity index (χ1) is 14.0. The van der Waals surface area contributed by atoms with Crippen LogP contribution in [0.3, 0.4) is 0 Å². The molecule has 0 heterocycles. The number of carbonyl (C=O) groups is 1. The number of amides is 1. The van der Waals surface area contributed by atoms with Crippen molar-refractivity contribution in [3.8, 4) is 23.3 Å². The van der Waals surface area contributed by atoms with Crippen molar-refractivity contribution < 1.29 is 19.0 Å². The summed E-state index contributed by atoms with van der Waals surface area (Å²) in [6.07, 6.45) is 1.38. The number of nitriles is 1. The number of benzene rings is 2. The highest BCUT2D eigenvalue weighted by Crippen LogP contribution is 2.29. The standard InChI is InChI=1S/C22H25N3O4/c1-5-29-19-9-7-18(8-10-19)24-14-17(13-23)22(26)25-15(2)16-6-11-20(27-3)21(12-16)28-4/h6-12,14-15,24H,5H2,1-4H3,(H,25,26)/b17-14-. The van der Waals surface area contributed by atoms with Gasteiger partial charge < -0.3 is 24.8 Å². The number of carbonyl (C=O) groups excluding carboxylic acids is 1. The summed E-state index contributed by atoms with van der Waals surface area (Å²) < 4.78 is 15.9. The van der Waals surface area contributed by atoms with E-state index >= 15 is 0 Å². The van der Waals surface area contributed by atoms with E-state index in [1.807, 2.05) is 38.1 Å². The number of methoxy groups -OCH3 is 2. The van der Waals surface area contributed by atoms with Gasteiger partial charge in [-0.2, -0.15) is 5.26 Å². The summed E-state index contributed by atoms with van der Waals surface area (Å²) in [5.41, 5.74) is 1.53. The molecular formula is C22H25N3O4. The number of hydrogen-bond acceptors (Lipinski definition) is 6. The van der Waals surface area contributed by atoms with Crippen molar-refractivity contribution in [2.24, 2.45) is 0 Å². The maximum Gasteiger partial charge on any atom is 0.263 e. The Labute approximate surface area is 170 Å². The molecule has 29 heavy (non-hydrogen) atoms. The van der Waals surface area contributed by atoms with Crippen LogP contribution in [0.15, 0.2) is 54.2 Å². The lowest BCUT2D eigenvalue weighted by Crippen LogP contribution is -2.28. The van der Waals surface area contributed by atoms with E-state index in [1.54, 1.807) is 38.5 Å². The van der Waals surface area contributed by atoms with Crippen molar-refractivity contribution in [2.45, 2.75) is 19.9 Å². The zero-order valence-electron chi connectivity index (χ0n) is 17.0. The van der Waals surface area contributed by atoms with E-state index in [0.29, 0.717) is 18.1 Å². The molecule has 0 saturated heterocycles. The Kier molecular flexibility index (Phi) is 7.92. The molecule has 2 aromatic rings. The average molecular weight is 395 g/mol. The second-order valence-electron chi connectivity index (χ2n) is 6.08. The molecule has 152 valence electrons. The number of anilines is 1. The Bertz CT molecular complexity index is 901. The lowest BCUT2D eigenvalue weighted by atomic mass is 10.1. The van der Waals surface area contributed by atoms with Gasteiger partial charge in [0, 0.05) is 11.9 Å². The predicted octanol–water partition coefficient (Wildman–Crippen LogP) is 3.80. The van der Waals surface area contributed by atoms with Gasteiger partial charge in [0.15, 0.2) is 11.5 Å². The Morgan fingerprint density at radius 1 is 1.14 bits per heavy atom. The molecule has 2 N–H and O–H groups in total. The van der Waals surface area contributed by atoms with Gasteiger partial charge in [-0.15, -0.1) is 0 Å². The summed E-state index contributed by atoms with van der Waals surface area (Å²) in [5.74, 6) is 1.45. The highest BCUT2D eigenvalue weighted by Gasteiger charge is 2.15. The normalized spacial score (nSPS) is 11.8. The van der Waals surface area contributed by atoms with Crippen molar-refractivity contribution >= 4 is 11.6 Å². The fourth-order valence-corrected chi connectivity index (χ4v) is 2.60. The zero-order chi connectivity index (χ0) is 21.2. The molecule has 1 atom stereocenters. The molecule has 0 aromatic heterocycles. The molecule has 2 rings (SSSR count). The van der Waals surface area contributed by atoms with Crippen LogP contribution in [0.1, 0.15) is 25.5 Å². The Hall–Kier alpha value is -3.66. The molecule has 1 unspecified atom stereocenters. The SMILES string of the molecule is CCOc1ccc(N/C=C(/C#N)C(=O)NC(C)c2ccc(OC)c(OC)c2)cc1. The first-order valence-corrected chi connectivity index (χ1v) is 9.14. The van der Waals surface area contributed by atoms with Gasteiger partial charge in [-0.1, -0.05) is 6.07 Å². The van der Waals surface area contributed by atoms with Crippen LogP contribution in [0.5, 0.6) is 17.2 Å². The fourth-order valence-electron chi connectivity index (χ4n) is 2.60. The molecule has 0 fully saturated rings. The van der Waals surface area contributed by atoms with E-state index in [9.17, 15) is 10.1 Å². The van der Waals surface area contributed by atoms with Crippen molar-refractivity contribution in [1.82, 2.24) is 5.32 Å². The van der Waals surface area contributed by atoms with Gasteiger partial charge in [-0.25, -0.2) is 0 Å². The maximum absolute atomic E-state index is 12.5. The Morgan fingerprint density at radius 2 is 1.83 bits per heavy atom. The number of nitrogens with zero attached hydrogens (tertiary/aromatic N) is 1. The molecule has 0 saturated carbocycles. The van der Waals surface area contributed by atoms with Crippen molar-refractivity contribution in [3.05, 3.63) is 59.8 Å². The van der Waals surface area contributed by atoms with Gasteiger partial charge in [0.2, 0.25) is 0 Å². The maximum atomic E-state index is 12.5. The summed E-state index contributed by atoms with van der Waals surface area (Å²) in [7, 11) is 3.11. The average Bonchev–Trinajstić information content (AvgIpc) is 2.74. The summed E-state index contributed by atoms with van der Waals surface area (Å²) in [4.78, 5) is 12.5. The Morgan fingerprint density at radius 3 is 2.41 bits per heavy atom. The van der Waals surface area contributed by atoms with Crippen LogP contribution in [0.25, 0.3) is 0 Å². The van der Waals surface area contributed by atoms with Crippen LogP contribution in [0.4, 0.5) is 5.69 Å². The van der Waals surface area contributed by atoms with E-state index in [-0.39, 0.29) is 11.6 Å². The minimum atomic E-state index is -0.478. The third kappa shape index (κ3) is 5.91. The van der Waals surface area contributed by atoms with Gasteiger partial charge in [0.25, 0.3) is 5.91 Å². The monoisotopic (exact) mass is 395 g/mol. The van der Waals surface area contributed by atoms with Crippen LogP contribution < -0.4 is 24.8 Å². The van der Waals surface area contributed by atoms with Crippen LogP contribution in [-0.4, -0.2) is 26.7 Å². The molecular weight excluding hydrogens is 370 g/mol. The smallest absolute Gasteiger partial charge is 0.263 e. The van der Waals surface area contributed by atoms with Crippen molar-refractivity contribution in [2.75, 3.05) is 26.1 Å². The van der Waals surface area contributed by atoms with Crippen LogP contribution >= 0.6 is 0 Å². The molecule has 0 aliphatic carbocycles. The van der Waals surface area contributed by atoms with Crippen LogP contribution in [-0.2, 0) is 4.79 Å². The van der Waals surface area contributed by atoms with E-state index in [1.165, 1.54) is 6.20 Å². The van der Waals surface area contributed by atoms with Crippen molar-refractivity contribution in [1.29, 1.82) is 5.26 Å². The molecule has 0 bridgehead atoms. The second-order valence-corrected chi connectivity index (χ2v) is 6.08. The van der Waals surface area contributed by atoms with Crippen LogP contribution in [0, 0.1) is 11.3 Å². The molecule has 7 heteroatoms. The highest BCUT2D eigenvalue weighted by atomic mass is 16.5. The topological polar surface area (TPSA) is 92.6 Å². The van der Waals surface area contributed by atoms with Gasteiger partial charge in [0.05, 0.1) is 26.9 Å². The minimum absolute atomic E-state index is 0.0359. The van der Waals surface area contributed by atoms with E-state index in [4.69, 9.17) is 14.2 Å². The third-order valence-electron chi connectivity index (χ3n) is 4.17. The zero-order valence-corrected chi connectivity index (χ0v) is 17.0. The highest BCUT2D eigenvalue weighted by molar-refractivity contribution is 5.97. The summed E-state index contributed by atoms with van der Waals surface area (Å²) in [6.45, 7) is 4.33. The molecule has 0 spiro atoms. The summed E-state index contributed by atoms with van der Waals surface area (Å²) >= 11 is 0. The largest absolute Gasteiger partial charge is 0.494 e. The van der Waals surface area contributed by atoms with Crippen molar-refractivity contribution in [3.63, 3.8) is 0 Å². The lowest BCUT2D eigenvalue weighted by molar-refractivity contribution is -0.117. The van der Waals surface area contributed by atoms with Gasteiger partial charge in [0.1, 0.15) is 17.4 Å². The molecule has 1 amide bonds. The third-order valence-corrected chi connectivity index (χ3v) is 4.17. The lowest BCUT2D eigenvalue weighted by Gasteiger charge is -2.16. The van der Waals surface area contributed by atoms with E-state index in [2.05, 4.69) is 10.6 Å². The fraction of sp³-hybridized carbons (Fsp3) is 0.273. The first kappa shape index (κ1) is 21.6. The second kappa shape index (κ2) is 10.6.